The maximum absolute atomic E-state index is 11.2. The molecule has 25 heavy (non-hydrogen) atoms. The van der Waals surface area contributed by atoms with Crippen molar-refractivity contribution >= 4 is 11.4 Å². The number of nitro benzene ring substituents is 1. The Morgan fingerprint density at radius 2 is 1.92 bits per heavy atom. The highest BCUT2D eigenvalue weighted by Gasteiger charge is 2.26. The van der Waals surface area contributed by atoms with Gasteiger partial charge in [0.05, 0.1) is 4.92 Å². The molecule has 1 aliphatic heterocycles. The zero-order chi connectivity index (χ0) is 17.6. The van der Waals surface area contributed by atoms with Gasteiger partial charge < -0.3 is 9.80 Å². The summed E-state index contributed by atoms with van der Waals surface area (Å²) in [6, 6.07) is 13.4. The lowest BCUT2D eigenvalue weighted by Crippen LogP contribution is -2.44. The lowest BCUT2D eigenvalue weighted by molar-refractivity contribution is -0.384. The zero-order valence-corrected chi connectivity index (χ0v) is 14.5. The summed E-state index contributed by atoms with van der Waals surface area (Å²) in [4.78, 5) is 19.9. The van der Waals surface area contributed by atoms with E-state index >= 15 is 0 Å². The zero-order valence-electron chi connectivity index (χ0n) is 14.5. The summed E-state index contributed by atoms with van der Waals surface area (Å²) >= 11 is 0. The maximum atomic E-state index is 11.2. The molecule has 1 fully saturated rings. The number of para-hydroxylation sites is 2. The first-order valence-electron chi connectivity index (χ1n) is 8.73. The van der Waals surface area contributed by atoms with Crippen LogP contribution in [0.15, 0.2) is 48.7 Å². The molecule has 0 N–H and O–H groups in total. The number of hydrogen-bond donors (Lipinski definition) is 0. The second kappa shape index (κ2) is 8.07. The Kier molecular flexibility index (Phi) is 5.60. The van der Waals surface area contributed by atoms with Crippen molar-refractivity contribution in [2.75, 3.05) is 31.6 Å². The fourth-order valence-corrected chi connectivity index (χ4v) is 3.46. The average molecular weight is 340 g/mol. The summed E-state index contributed by atoms with van der Waals surface area (Å²) < 4.78 is 0. The largest absolute Gasteiger partial charge is 0.366 e. The van der Waals surface area contributed by atoms with Gasteiger partial charge in [0.25, 0.3) is 5.69 Å². The van der Waals surface area contributed by atoms with E-state index in [1.807, 2.05) is 37.5 Å². The molecule has 6 heteroatoms. The topological polar surface area (TPSA) is 62.5 Å². The third kappa shape index (κ3) is 4.33. The molecular formula is C19H24N4O2. The molecular weight excluding hydrogens is 316 g/mol. The van der Waals surface area contributed by atoms with Crippen molar-refractivity contribution in [2.45, 2.75) is 25.3 Å². The highest BCUT2D eigenvalue weighted by atomic mass is 16.6. The highest BCUT2D eigenvalue weighted by Crippen LogP contribution is 2.30. The molecule has 0 atom stereocenters. The molecule has 0 aliphatic carbocycles. The van der Waals surface area contributed by atoms with Crippen LogP contribution in [0.25, 0.3) is 0 Å². The molecule has 0 saturated carbocycles. The summed E-state index contributed by atoms with van der Waals surface area (Å²) in [7, 11) is 1.97. The van der Waals surface area contributed by atoms with Crippen molar-refractivity contribution in [3.63, 3.8) is 0 Å². The summed E-state index contributed by atoms with van der Waals surface area (Å²) in [5, 5.41) is 11.2. The standard InChI is InChI=1S/C19H24N4O2/c1-21(18-7-2-3-8-19(18)23(24)25)17-10-14-22(15-11-17)13-9-16-6-4-5-12-20-16/h2-8,12,17H,9-11,13-15H2,1H3. The SMILES string of the molecule is CN(c1ccccc1[N+](=O)[O-])C1CCN(CCc2ccccn2)CC1. The van der Waals surface area contributed by atoms with Crippen LogP contribution in [0.5, 0.6) is 0 Å². The van der Waals surface area contributed by atoms with E-state index < -0.39 is 0 Å². The minimum absolute atomic E-state index is 0.183. The normalized spacial score (nSPS) is 15.9. The van der Waals surface area contributed by atoms with Gasteiger partial charge in [0.15, 0.2) is 0 Å². The van der Waals surface area contributed by atoms with Crippen molar-refractivity contribution < 1.29 is 4.92 Å². The second-order valence-corrected chi connectivity index (χ2v) is 6.50. The molecule has 132 valence electrons. The van der Waals surface area contributed by atoms with Crippen LogP contribution in [-0.4, -0.2) is 47.5 Å². The number of hydrogen-bond acceptors (Lipinski definition) is 5. The Balaban J connectivity index is 1.54. The Labute approximate surface area is 148 Å². The summed E-state index contributed by atoms with van der Waals surface area (Å²) in [6.07, 6.45) is 4.84. The molecule has 1 aliphatic rings. The monoisotopic (exact) mass is 340 g/mol. The predicted octanol–water partition coefficient (Wildman–Crippen LogP) is 3.13. The average Bonchev–Trinajstić information content (AvgIpc) is 2.67. The van der Waals surface area contributed by atoms with Crippen molar-refractivity contribution in [2.24, 2.45) is 0 Å². The number of pyridine rings is 1. The van der Waals surface area contributed by atoms with E-state index in [0.29, 0.717) is 11.7 Å². The summed E-state index contributed by atoms with van der Waals surface area (Å²) in [5.74, 6) is 0. The molecule has 0 amide bonds. The lowest BCUT2D eigenvalue weighted by Gasteiger charge is -2.37. The van der Waals surface area contributed by atoms with Gasteiger partial charge in [-0.1, -0.05) is 18.2 Å². The van der Waals surface area contributed by atoms with Gasteiger partial charge in [-0.2, -0.15) is 0 Å². The number of nitro groups is 1. The Morgan fingerprint density at radius 1 is 1.20 bits per heavy atom. The van der Waals surface area contributed by atoms with E-state index in [1.54, 1.807) is 12.1 Å². The second-order valence-electron chi connectivity index (χ2n) is 6.50. The minimum Gasteiger partial charge on any atom is -0.366 e. The minimum atomic E-state index is -0.298. The molecule has 2 aromatic rings. The molecule has 0 radical (unpaired) electrons. The van der Waals surface area contributed by atoms with E-state index in [2.05, 4.69) is 20.9 Å². The molecule has 3 rings (SSSR count). The van der Waals surface area contributed by atoms with E-state index in [-0.39, 0.29) is 10.6 Å². The van der Waals surface area contributed by atoms with Gasteiger partial charge in [-0.15, -0.1) is 0 Å². The summed E-state index contributed by atoms with van der Waals surface area (Å²) in [6.45, 7) is 3.05. The molecule has 1 aromatic heterocycles. The van der Waals surface area contributed by atoms with Gasteiger partial charge in [-0.05, 0) is 31.0 Å². The van der Waals surface area contributed by atoms with Crippen molar-refractivity contribution in [3.8, 4) is 0 Å². The number of benzene rings is 1. The number of aromatic nitrogens is 1. The fourth-order valence-electron chi connectivity index (χ4n) is 3.46. The number of piperidine rings is 1. The Hall–Kier alpha value is -2.47. The van der Waals surface area contributed by atoms with Crippen LogP contribution in [0.4, 0.5) is 11.4 Å². The third-order valence-corrected chi connectivity index (χ3v) is 4.97. The Morgan fingerprint density at radius 3 is 2.60 bits per heavy atom. The van der Waals surface area contributed by atoms with E-state index in [4.69, 9.17) is 0 Å². The van der Waals surface area contributed by atoms with E-state index in [0.717, 1.165) is 44.6 Å². The van der Waals surface area contributed by atoms with Gasteiger partial charge in [0.1, 0.15) is 5.69 Å². The third-order valence-electron chi connectivity index (χ3n) is 4.97. The Bertz CT molecular complexity index is 700. The van der Waals surface area contributed by atoms with Gasteiger partial charge in [0.2, 0.25) is 0 Å². The molecule has 2 heterocycles. The number of likely N-dealkylation sites (tertiary alicyclic amines) is 1. The molecule has 0 spiro atoms. The summed E-state index contributed by atoms with van der Waals surface area (Å²) in [5.41, 5.74) is 2.02. The fraction of sp³-hybridized carbons (Fsp3) is 0.421. The van der Waals surface area contributed by atoms with Crippen LogP contribution >= 0.6 is 0 Å². The first-order chi connectivity index (χ1) is 12.1. The quantitative estimate of drug-likeness (QED) is 0.597. The first kappa shape index (κ1) is 17.4. The smallest absolute Gasteiger partial charge is 0.292 e. The van der Waals surface area contributed by atoms with E-state index in [9.17, 15) is 10.1 Å². The van der Waals surface area contributed by atoms with Crippen LogP contribution in [0.2, 0.25) is 0 Å². The van der Waals surface area contributed by atoms with Gasteiger partial charge in [0, 0.05) is 57.1 Å². The molecule has 0 unspecified atom stereocenters. The molecule has 6 nitrogen and oxygen atoms in total. The van der Waals surface area contributed by atoms with Crippen LogP contribution in [-0.2, 0) is 6.42 Å². The van der Waals surface area contributed by atoms with Crippen LogP contribution in [0.3, 0.4) is 0 Å². The lowest BCUT2D eigenvalue weighted by atomic mass is 10.0. The van der Waals surface area contributed by atoms with Crippen LogP contribution < -0.4 is 4.90 Å². The van der Waals surface area contributed by atoms with Crippen molar-refractivity contribution in [1.29, 1.82) is 0 Å². The van der Waals surface area contributed by atoms with Gasteiger partial charge >= 0.3 is 0 Å². The highest BCUT2D eigenvalue weighted by molar-refractivity contribution is 5.63. The maximum Gasteiger partial charge on any atom is 0.292 e. The number of rotatable bonds is 6. The predicted molar refractivity (Wildman–Crippen MR) is 98.9 cm³/mol. The van der Waals surface area contributed by atoms with Gasteiger partial charge in [-0.3, -0.25) is 15.1 Å². The van der Waals surface area contributed by atoms with Crippen molar-refractivity contribution in [1.82, 2.24) is 9.88 Å². The first-order valence-corrected chi connectivity index (χ1v) is 8.73. The van der Waals surface area contributed by atoms with Gasteiger partial charge in [-0.25, -0.2) is 0 Å². The van der Waals surface area contributed by atoms with Crippen molar-refractivity contribution in [3.05, 3.63) is 64.5 Å². The van der Waals surface area contributed by atoms with E-state index in [1.165, 1.54) is 0 Å². The van der Waals surface area contributed by atoms with Crippen LogP contribution in [0.1, 0.15) is 18.5 Å². The number of anilines is 1. The molecule has 1 saturated heterocycles. The molecule has 1 aromatic carbocycles. The van der Waals surface area contributed by atoms with Crippen LogP contribution in [0, 0.1) is 10.1 Å². The number of nitrogens with zero attached hydrogens (tertiary/aromatic N) is 4. The molecule has 0 bridgehead atoms.